The van der Waals surface area contributed by atoms with E-state index in [9.17, 15) is 0 Å². The van der Waals surface area contributed by atoms with Gasteiger partial charge in [-0.15, -0.1) is 0 Å². The third kappa shape index (κ3) is 6.03. The van der Waals surface area contributed by atoms with Crippen molar-refractivity contribution in [1.29, 1.82) is 5.41 Å². The molecule has 100 valence electrons. The second-order valence-corrected chi connectivity index (χ2v) is 5.39. The number of rotatable bonds is 7. The standard InChI is InChI=1S/C13H27N3O/c1-11(2)5-8-17-9-7-16-6-3-4-12(10-16)13(14)15/h11-12H,3-10H2,1-2H3,(H3,14,15). The van der Waals surface area contributed by atoms with E-state index in [0.29, 0.717) is 11.8 Å². The largest absolute Gasteiger partial charge is 0.387 e. The molecule has 1 saturated heterocycles. The highest BCUT2D eigenvalue weighted by atomic mass is 16.5. The molecule has 0 bridgehead atoms. The van der Waals surface area contributed by atoms with Crippen LogP contribution in [0.5, 0.6) is 0 Å². The highest BCUT2D eigenvalue weighted by Gasteiger charge is 2.21. The summed E-state index contributed by atoms with van der Waals surface area (Å²) in [4.78, 5) is 2.37. The highest BCUT2D eigenvalue weighted by Crippen LogP contribution is 2.15. The first-order chi connectivity index (χ1) is 8.09. The molecule has 0 aromatic heterocycles. The maximum absolute atomic E-state index is 7.49. The zero-order chi connectivity index (χ0) is 12.7. The predicted molar refractivity (Wildman–Crippen MR) is 71.4 cm³/mol. The van der Waals surface area contributed by atoms with Gasteiger partial charge in [0.25, 0.3) is 0 Å². The molecule has 1 fully saturated rings. The molecule has 1 rings (SSSR count). The number of ether oxygens (including phenoxy) is 1. The van der Waals surface area contributed by atoms with E-state index in [4.69, 9.17) is 15.9 Å². The van der Waals surface area contributed by atoms with E-state index in [1.165, 1.54) is 0 Å². The lowest BCUT2D eigenvalue weighted by Gasteiger charge is -2.31. The van der Waals surface area contributed by atoms with Crippen molar-refractivity contribution in [1.82, 2.24) is 4.90 Å². The van der Waals surface area contributed by atoms with E-state index in [-0.39, 0.29) is 5.92 Å². The number of amidine groups is 1. The Labute approximate surface area is 105 Å². The Bertz CT molecular complexity index is 231. The van der Waals surface area contributed by atoms with Gasteiger partial charge in [0.05, 0.1) is 12.4 Å². The molecule has 0 spiro atoms. The van der Waals surface area contributed by atoms with Crippen LogP contribution in [0.3, 0.4) is 0 Å². The van der Waals surface area contributed by atoms with Gasteiger partial charge >= 0.3 is 0 Å². The lowest BCUT2D eigenvalue weighted by molar-refractivity contribution is 0.0854. The van der Waals surface area contributed by atoms with Gasteiger partial charge in [0.15, 0.2) is 0 Å². The Morgan fingerprint density at radius 2 is 2.24 bits per heavy atom. The summed E-state index contributed by atoms with van der Waals surface area (Å²) in [6.07, 6.45) is 3.35. The quantitative estimate of drug-likeness (QED) is 0.405. The zero-order valence-corrected chi connectivity index (χ0v) is 11.2. The number of nitrogens with one attached hydrogen (secondary N) is 1. The Hall–Kier alpha value is -0.610. The highest BCUT2D eigenvalue weighted by molar-refractivity contribution is 5.79. The fourth-order valence-corrected chi connectivity index (χ4v) is 2.13. The number of likely N-dealkylation sites (tertiary alicyclic amines) is 1. The van der Waals surface area contributed by atoms with Crippen LogP contribution in [0.25, 0.3) is 0 Å². The fourth-order valence-electron chi connectivity index (χ4n) is 2.13. The van der Waals surface area contributed by atoms with Crippen LogP contribution in [0.15, 0.2) is 0 Å². The van der Waals surface area contributed by atoms with Crippen molar-refractivity contribution in [3.63, 3.8) is 0 Å². The Morgan fingerprint density at radius 1 is 1.47 bits per heavy atom. The van der Waals surface area contributed by atoms with Crippen LogP contribution in [0.4, 0.5) is 0 Å². The summed E-state index contributed by atoms with van der Waals surface area (Å²) in [5.41, 5.74) is 5.56. The van der Waals surface area contributed by atoms with E-state index in [1.54, 1.807) is 0 Å². The summed E-state index contributed by atoms with van der Waals surface area (Å²) in [5.74, 6) is 1.32. The van der Waals surface area contributed by atoms with Crippen molar-refractivity contribution in [3.8, 4) is 0 Å². The predicted octanol–water partition coefficient (Wildman–Crippen LogP) is 1.70. The maximum atomic E-state index is 7.49. The molecule has 1 atom stereocenters. The van der Waals surface area contributed by atoms with Gasteiger partial charge in [-0.05, 0) is 31.7 Å². The number of hydrogen-bond donors (Lipinski definition) is 2. The maximum Gasteiger partial charge on any atom is 0.0949 e. The number of nitrogens with two attached hydrogens (primary N) is 1. The number of hydrogen-bond acceptors (Lipinski definition) is 3. The second kappa shape index (κ2) is 7.67. The normalized spacial score (nSPS) is 21.9. The molecule has 0 aliphatic carbocycles. The molecule has 0 radical (unpaired) electrons. The molecule has 0 aromatic carbocycles. The fraction of sp³-hybridized carbons (Fsp3) is 0.923. The monoisotopic (exact) mass is 241 g/mol. The summed E-state index contributed by atoms with van der Waals surface area (Å²) in [7, 11) is 0. The third-order valence-corrected chi connectivity index (χ3v) is 3.34. The van der Waals surface area contributed by atoms with Gasteiger partial charge in [-0.2, -0.15) is 0 Å². The summed E-state index contributed by atoms with van der Waals surface area (Å²) in [6, 6.07) is 0. The molecule has 17 heavy (non-hydrogen) atoms. The number of nitrogens with zero attached hydrogens (tertiary/aromatic N) is 1. The average Bonchev–Trinajstić information content (AvgIpc) is 2.28. The first-order valence-electron chi connectivity index (χ1n) is 6.73. The van der Waals surface area contributed by atoms with E-state index in [1.807, 2.05) is 0 Å². The lowest BCUT2D eigenvalue weighted by atomic mass is 9.97. The van der Waals surface area contributed by atoms with Gasteiger partial charge in [0.2, 0.25) is 0 Å². The SMILES string of the molecule is CC(C)CCOCCN1CCCC(C(=N)N)C1. The molecular weight excluding hydrogens is 214 g/mol. The summed E-state index contributed by atoms with van der Waals surface area (Å²) < 4.78 is 5.62. The van der Waals surface area contributed by atoms with Gasteiger partial charge in [0, 0.05) is 25.6 Å². The lowest BCUT2D eigenvalue weighted by Crippen LogP contribution is -2.42. The second-order valence-electron chi connectivity index (χ2n) is 5.39. The molecular formula is C13H27N3O. The van der Waals surface area contributed by atoms with Crippen LogP contribution in [0.1, 0.15) is 33.1 Å². The Balaban J connectivity index is 2.08. The van der Waals surface area contributed by atoms with Crippen molar-refractivity contribution in [2.75, 3.05) is 32.8 Å². The first kappa shape index (κ1) is 14.5. The van der Waals surface area contributed by atoms with Crippen molar-refractivity contribution < 1.29 is 4.74 Å². The van der Waals surface area contributed by atoms with Crippen molar-refractivity contribution in [3.05, 3.63) is 0 Å². The Morgan fingerprint density at radius 3 is 2.88 bits per heavy atom. The van der Waals surface area contributed by atoms with Crippen LogP contribution in [0, 0.1) is 17.2 Å². The van der Waals surface area contributed by atoms with Crippen molar-refractivity contribution >= 4 is 5.84 Å². The van der Waals surface area contributed by atoms with Crippen LogP contribution < -0.4 is 5.73 Å². The molecule has 0 aromatic rings. The van der Waals surface area contributed by atoms with E-state index in [2.05, 4.69) is 18.7 Å². The molecule has 1 aliphatic heterocycles. The van der Waals surface area contributed by atoms with Crippen LogP contribution >= 0.6 is 0 Å². The van der Waals surface area contributed by atoms with Gasteiger partial charge in [0.1, 0.15) is 0 Å². The molecule has 4 nitrogen and oxygen atoms in total. The summed E-state index contributed by atoms with van der Waals surface area (Å²) >= 11 is 0. The van der Waals surface area contributed by atoms with Gasteiger partial charge in [-0.1, -0.05) is 13.8 Å². The van der Waals surface area contributed by atoms with Crippen LogP contribution in [0.2, 0.25) is 0 Å². The van der Waals surface area contributed by atoms with Gasteiger partial charge in [-0.3, -0.25) is 5.41 Å². The molecule has 3 N–H and O–H groups in total. The van der Waals surface area contributed by atoms with E-state index >= 15 is 0 Å². The minimum absolute atomic E-state index is 0.263. The van der Waals surface area contributed by atoms with E-state index < -0.39 is 0 Å². The van der Waals surface area contributed by atoms with E-state index in [0.717, 1.165) is 52.1 Å². The summed E-state index contributed by atoms with van der Waals surface area (Å²) in [5, 5.41) is 7.49. The molecule has 0 amide bonds. The minimum atomic E-state index is 0.263. The van der Waals surface area contributed by atoms with Gasteiger partial charge in [-0.25, -0.2) is 0 Å². The molecule has 4 heteroatoms. The van der Waals surface area contributed by atoms with Crippen molar-refractivity contribution in [2.45, 2.75) is 33.1 Å². The average molecular weight is 241 g/mol. The van der Waals surface area contributed by atoms with Gasteiger partial charge < -0.3 is 15.4 Å². The Kier molecular flexibility index (Phi) is 6.52. The molecule has 1 aliphatic rings. The zero-order valence-electron chi connectivity index (χ0n) is 11.2. The number of piperidine rings is 1. The van der Waals surface area contributed by atoms with Crippen molar-refractivity contribution in [2.24, 2.45) is 17.6 Å². The minimum Gasteiger partial charge on any atom is -0.387 e. The van der Waals surface area contributed by atoms with Crippen LogP contribution in [-0.2, 0) is 4.74 Å². The first-order valence-corrected chi connectivity index (χ1v) is 6.73. The molecule has 0 saturated carbocycles. The van der Waals surface area contributed by atoms with Crippen LogP contribution in [-0.4, -0.2) is 43.6 Å². The topological polar surface area (TPSA) is 62.3 Å². The molecule has 1 heterocycles. The molecule has 1 unspecified atom stereocenters. The smallest absolute Gasteiger partial charge is 0.0949 e. The third-order valence-electron chi connectivity index (χ3n) is 3.34. The summed E-state index contributed by atoms with van der Waals surface area (Å²) in [6.45, 7) is 9.12.